The van der Waals surface area contributed by atoms with Crippen LogP contribution in [0.1, 0.15) is 45.6 Å². The summed E-state index contributed by atoms with van der Waals surface area (Å²) in [6.45, 7) is 6.75. The maximum Gasteiger partial charge on any atom is 0.242 e. The molecule has 0 aliphatic rings. The van der Waals surface area contributed by atoms with Crippen LogP contribution < -0.4 is 19.1 Å². The van der Waals surface area contributed by atoms with Crippen molar-refractivity contribution in [2.75, 3.05) is 37.9 Å². The van der Waals surface area contributed by atoms with Crippen molar-refractivity contribution in [3.8, 4) is 11.5 Å². The normalized spacial score (nSPS) is 12.1. The predicted molar refractivity (Wildman–Crippen MR) is 150 cm³/mol. The van der Waals surface area contributed by atoms with Gasteiger partial charge in [-0.15, -0.1) is 0 Å². The number of hydrogen-bond donors (Lipinski definition) is 1. The molecule has 0 aliphatic carbocycles. The number of carbonyl (C=O) groups excluding carboxylic acids is 2. The first-order chi connectivity index (χ1) is 18.0. The Labute approximate surface area is 227 Å². The summed E-state index contributed by atoms with van der Waals surface area (Å²) < 4.78 is 36.9. The van der Waals surface area contributed by atoms with Gasteiger partial charge in [-0.2, -0.15) is 0 Å². The van der Waals surface area contributed by atoms with E-state index in [1.165, 1.54) is 11.4 Å². The molecule has 0 spiro atoms. The smallest absolute Gasteiger partial charge is 0.242 e. The van der Waals surface area contributed by atoms with Crippen molar-refractivity contribution >= 4 is 27.5 Å². The highest BCUT2D eigenvalue weighted by atomic mass is 32.2. The first kappa shape index (κ1) is 31.0. The molecule has 210 valence electrons. The molecule has 0 aromatic heterocycles. The van der Waals surface area contributed by atoms with Gasteiger partial charge in [0.15, 0.2) is 0 Å². The van der Waals surface area contributed by atoms with E-state index in [2.05, 4.69) is 5.32 Å². The number of rotatable bonds is 15. The molecule has 0 saturated heterocycles. The van der Waals surface area contributed by atoms with Crippen LogP contribution in [0.2, 0.25) is 0 Å². The van der Waals surface area contributed by atoms with Gasteiger partial charge in [-0.3, -0.25) is 13.9 Å². The number of amides is 2. The number of nitrogens with zero attached hydrogens (tertiary/aromatic N) is 2. The second-order valence-corrected chi connectivity index (χ2v) is 11.5. The third-order valence-electron chi connectivity index (χ3n) is 6.05. The third-order valence-corrected chi connectivity index (χ3v) is 7.25. The Kier molecular flexibility index (Phi) is 11.9. The van der Waals surface area contributed by atoms with Crippen LogP contribution in [0.4, 0.5) is 5.69 Å². The van der Waals surface area contributed by atoms with Gasteiger partial charge < -0.3 is 19.7 Å². The van der Waals surface area contributed by atoms with E-state index in [4.69, 9.17) is 9.47 Å². The number of nitrogens with one attached hydrogen (secondary N) is 1. The summed E-state index contributed by atoms with van der Waals surface area (Å²) in [6.07, 6.45) is 1.93. The molecule has 9 nitrogen and oxygen atoms in total. The zero-order chi connectivity index (χ0) is 28.3. The molecule has 38 heavy (non-hydrogen) atoms. The quantitative estimate of drug-likeness (QED) is 0.363. The minimum atomic E-state index is -3.59. The fraction of sp³-hybridized carbons (Fsp3) is 0.500. The lowest BCUT2D eigenvalue weighted by Crippen LogP contribution is -2.49. The van der Waals surface area contributed by atoms with Gasteiger partial charge in [-0.05, 0) is 48.6 Å². The van der Waals surface area contributed by atoms with Crippen molar-refractivity contribution in [2.45, 2.75) is 52.6 Å². The summed E-state index contributed by atoms with van der Waals surface area (Å²) in [6, 6.07) is 13.5. The highest BCUT2D eigenvalue weighted by molar-refractivity contribution is 7.92. The van der Waals surface area contributed by atoms with Crippen molar-refractivity contribution in [3.05, 3.63) is 54.1 Å². The van der Waals surface area contributed by atoms with E-state index < -0.39 is 16.1 Å². The molecule has 0 bridgehead atoms. The Morgan fingerprint density at radius 1 is 1.00 bits per heavy atom. The summed E-state index contributed by atoms with van der Waals surface area (Å²) in [7, 11) is -0.502. The molecule has 2 aromatic rings. The maximum atomic E-state index is 13.5. The Balaban J connectivity index is 2.24. The lowest BCUT2D eigenvalue weighted by molar-refractivity contribution is -0.141. The van der Waals surface area contributed by atoms with Gasteiger partial charge >= 0.3 is 0 Å². The van der Waals surface area contributed by atoms with Crippen molar-refractivity contribution in [1.82, 2.24) is 10.2 Å². The first-order valence-electron chi connectivity index (χ1n) is 12.8. The van der Waals surface area contributed by atoms with Crippen LogP contribution >= 0.6 is 0 Å². The number of benzene rings is 2. The minimum absolute atomic E-state index is 0.0773. The van der Waals surface area contributed by atoms with E-state index in [-0.39, 0.29) is 43.7 Å². The van der Waals surface area contributed by atoms with Crippen LogP contribution in [-0.4, -0.2) is 64.7 Å². The summed E-state index contributed by atoms with van der Waals surface area (Å²) in [5.74, 6) is 1.05. The lowest BCUT2D eigenvalue weighted by atomic mass is 10.1. The highest BCUT2D eigenvalue weighted by Crippen LogP contribution is 2.24. The van der Waals surface area contributed by atoms with Crippen LogP contribution in [0.25, 0.3) is 0 Å². The van der Waals surface area contributed by atoms with Gasteiger partial charge in [-0.1, -0.05) is 39.0 Å². The summed E-state index contributed by atoms with van der Waals surface area (Å²) in [5, 5.41) is 2.95. The van der Waals surface area contributed by atoms with E-state index >= 15 is 0 Å². The Morgan fingerprint density at radius 2 is 1.63 bits per heavy atom. The molecule has 0 radical (unpaired) electrons. The zero-order valence-electron chi connectivity index (χ0n) is 23.3. The van der Waals surface area contributed by atoms with Crippen LogP contribution in [-0.2, 0) is 26.2 Å². The SMILES string of the molecule is CCC(C(=O)NCC(C)C)N(Cc1cccc(OC)c1)C(=O)CCCN(c1cccc(OC)c1)S(C)(=O)=O. The molecular formula is C28H41N3O6S. The maximum absolute atomic E-state index is 13.5. The van der Waals surface area contributed by atoms with Crippen LogP contribution in [0.5, 0.6) is 11.5 Å². The van der Waals surface area contributed by atoms with Crippen molar-refractivity contribution < 1.29 is 27.5 Å². The Morgan fingerprint density at radius 3 is 2.21 bits per heavy atom. The van der Waals surface area contributed by atoms with E-state index in [0.29, 0.717) is 30.2 Å². The number of carbonyl (C=O) groups is 2. The monoisotopic (exact) mass is 547 g/mol. The zero-order valence-corrected chi connectivity index (χ0v) is 24.1. The molecule has 2 aromatic carbocycles. The van der Waals surface area contributed by atoms with Crippen LogP contribution in [0, 0.1) is 5.92 Å². The molecule has 1 unspecified atom stereocenters. The Bertz CT molecular complexity index is 1170. The summed E-state index contributed by atoms with van der Waals surface area (Å²) >= 11 is 0. The number of anilines is 1. The van der Waals surface area contributed by atoms with Gasteiger partial charge in [0.25, 0.3) is 0 Å². The van der Waals surface area contributed by atoms with Gasteiger partial charge in [0.2, 0.25) is 21.8 Å². The topological polar surface area (TPSA) is 105 Å². The van der Waals surface area contributed by atoms with Crippen molar-refractivity contribution in [3.63, 3.8) is 0 Å². The molecule has 2 amide bonds. The van der Waals surface area contributed by atoms with Gasteiger partial charge in [0.05, 0.1) is 26.2 Å². The van der Waals surface area contributed by atoms with E-state index in [1.54, 1.807) is 36.3 Å². The number of methoxy groups -OCH3 is 2. The summed E-state index contributed by atoms with van der Waals surface area (Å²) in [5.41, 5.74) is 1.30. The molecule has 1 N–H and O–H groups in total. The Hall–Kier alpha value is -3.27. The van der Waals surface area contributed by atoms with E-state index in [9.17, 15) is 18.0 Å². The van der Waals surface area contributed by atoms with Crippen molar-refractivity contribution in [2.24, 2.45) is 5.92 Å². The first-order valence-corrected chi connectivity index (χ1v) is 14.7. The van der Waals surface area contributed by atoms with E-state index in [0.717, 1.165) is 11.8 Å². The average Bonchev–Trinajstić information content (AvgIpc) is 2.89. The average molecular weight is 548 g/mol. The molecular weight excluding hydrogens is 506 g/mol. The second kappa shape index (κ2) is 14.6. The number of hydrogen-bond acceptors (Lipinski definition) is 6. The molecule has 1 atom stereocenters. The highest BCUT2D eigenvalue weighted by Gasteiger charge is 2.29. The van der Waals surface area contributed by atoms with Gasteiger partial charge in [-0.25, -0.2) is 8.42 Å². The second-order valence-electron chi connectivity index (χ2n) is 9.58. The predicted octanol–water partition coefficient (Wildman–Crippen LogP) is 3.83. The molecule has 0 aliphatic heterocycles. The van der Waals surface area contributed by atoms with Gasteiger partial charge in [0.1, 0.15) is 17.5 Å². The molecule has 2 rings (SSSR count). The molecule has 0 saturated carbocycles. The standard InChI is InChI=1S/C28H41N3O6S/c1-7-26(28(33)29-19-21(2)3)30(20-22-11-8-13-24(17-22)36-4)27(32)15-10-16-31(38(6,34)35)23-12-9-14-25(18-23)37-5/h8-9,11-14,17-18,21,26H,7,10,15-16,19-20H2,1-6H3,(H,29,33). The lowest BCUT2D eigenvalue weighted by Gasteiger charge is -2.31. The molecule has 0 fully saturated rings. The summed E-state index contributed by atoms with van der Waals surface area (Å²) in [4.78, 5) is 28.2. The number of sulfonamides is 1. The molecule has 10 heteroatoms. The van der Waals surface area contributed by atoms with Crippen molar-refractivity contribution in [1.29, 1.82) is 0 Å². The van der Waals surface area contributed by atoms with Crippen LogP contribution in [0.3, 0.4) is 0 Å². The third kappa shape index (κ3) is 9.24. The molecule has 0 heterocycles. The number of ether oxygens (including phenoxy) is 2. The van der Waals surface area contributed by atoms with Gasteiger partial charge in [0, 0.05) is 32.1 Å². The largest absolute Gasteiger partial charge is 0.497 e. The van der Waals surface area contributed by atoms with Crippen LogP contribution in [0.15, 0.2) is 48.5 Å². The van der Waals surface area contributed by atoms with E-state index in [1.807, 2.05) is 45.0 Å². The minimum Gasteiger partial charge on any atom is -0.497 e. The fourth-order valence-corrected chi connectivity index (χ4v) is 5.04. The fourth-order valence-electron chi connectivity index (χ4n) is 4.08.